The van der Waals surface area contributed by atoms with Crippen LogP contribution in [0.1, 0.15) is 58.6 Å². The summed E-state index contributed by atoms with van der Waals surface area (Å²) in [5.74, 6) is -0.106. The summed E-state index contributed by atoms with van der Waals surface area (Å²) >= 11 is 0. The van der Waals surface area contributed by atoms with Crippen LogP contribution in [0.15, 0.2) is 24.3 Å². The lowest BCUT2D eigenvalue weighted by molar-refractivity contribution is -0.126. The topological polar surface area (TPSA) is 64.4 Å². The Morgan fingerprint density at radius 3 is 2.45 bits per heavy atom. The summed E-state index contributed by atoms with van der Waals surface area (Å²) in [6.45, 7) is 11.0. The molecule has 0 radical (unpaired) electrons. The minimum atomic E-state index is -0.804. The Bertz CT molecular complexity index is 490. The number of nitrogens with two attached hydrogens (primary N) is 1. The van der Waals surface area contributed by atoms with Crippen LogP contribution in [0.4, 0.5) is 0 Å². The zero-order chi connectivity index (χ0) is 16.8. The van der Waals surface area contributed by atoms with Crippen LogP contribution < -0.4 is 11.1 Å². The van der Waals surface area contributed by atoms with E-state index in [4.69, 9.17) is 10.5 Å². The second kappa shape index (κ2) is 7.75. The molecule has 4 nitrogen and oxygen atoms in total. The fraction of sp³-hybridized carbons (Fsp3) is 0.611. The van der Waals surface area contributed by atoms with Crippen LogP contribution in [0, 0.1) is 0 Å². The van der Waals surface area contributed by atoms with Gasteiger partial charge in [0.25, 0.3) is 0 Å². The van der Waals surface area contributed by atoms with Crippen molar-refractivity contribution in [2.45, 2.75) is 71.8 Å². The Morgan fingerprint density at radius 1 is 1.23 bits per heavy atom. The number of carbonyl (C=O) groups is 1. The van der Waals surface area contributed by atoms with Gasteiger partial charge in [-0.15, -0.1) is 0 Å². The van der Waals surface area contributed by atoms with Gasteiger partial charge in [0.2, 0.25) is 5.91 Å². The van der Waals surface area contributed by atoms with Gasteiger partial charge in [0, 0.05) is 6.54 Å². The Balaban J connectivity index is 2.58. The van der Waals surface area contributed by atoms with Crippen LogP contribution in [0.2, 0.25) is 0 Å². The summed E-state index contributed by atoms with van der Waals surface area (Å²) < 4.78 is 5.77. The molecule has 1 atom stereocenters. The molecule has 1 aromatic rings. The molecule has 0 aliphatic heterocycles. The van der Waals surface area contributed by atoms with E-state index in [2.05, 4.69) is 11.4 Å². The standard InChI is InChI=1S/C18H30N2O2/c1-6-10-18(5,19)16(21)20-12-14-8-7-9-15(11-14)13-22-17(2,3)4/h7-9,11H,6,10,12-13,19H2,1-5H3,(H,20,21). The molecule has 0 aromatic heterocycles. The van der Waals surface area contributed by atoms with Crippen molar-refractivity contribution in [1.82, 2.24) is 5.32 Å². The van der Waals surface area contributed by atoms with Crippen molar-refractivity contribution in [3.05, 3.63) is 35.4 Å². The van der Waals surface area contributed by atoms with Crippen molar-refractivity contribution in [2.24, 2.45) is 5.73 Å². The first kappa shape index (κ1) is 18.7. The average molecular weight is 306 g/mol. The van der Waals surface area contributed by atoms with Gasteiger partial charge in [-0.3, -0.25) is 4.79 Å². The predicted molar refractivity (Wildman–Crippen MR) is 90.3 cm³/mol. The van der Waals surface area contributed by atoms with Gasteiger partial charge in [0.1, 0.15) is 0 Å². The van der Waals surface area contributed by atoms with Gasteiger partial charge in [0.15, 0.2) is 0 Å². The molecule has 4 heteroatoms. The highest BCUT2D eigenvalue weighted by Crippen LogP contribution is 2.14. The lowest BCUT2D eigenvalue weighted by Crippen LogP contribution is -2.51. The van der Waals surface area contributed by atoms with Crippen molar-refractivity contribution >= 4 is 5.91 Å². The number of carbonyl (C=O) groups excluding carboxylic acids is 1. The maximum atomic E-state index is 12.1. The molecule has 1 unspecified atom stereocenters. The summed E-state index contributed by atoms with van der Waals surface area (Å²) in [6, 6.07) is 8.06. The van der Waals surface area contributed by atoms with E-state index in [-0.39, 0.29) is 11.5 Å². The molecule has 0 aliphatic rings. The van der Waals surface area contributed by atoms with Gasteiger partial charge in [-0.1, -0.05) is 37.6 Å². The van der Waals surface area contributed by atoms with Gasteiger partial charge in [-0.05, 0) is 45.2 Å². The third-order valence-corrected chi connectivity index (χ3v) is 3.40. The van der Waals surface area contributed by atoms with Crippen molar-refractivity contribution in [1.29, 1.82) is 0 Å². The normalized spacial score (nSPS) is 14.5. The monoisotopic (exact) mass is 306 g/mol. The van der Waals surface area contributed by atoms with Crippen LogP contribution in [0.5, 0.6) is 0 Å². The number of hydrogen-bond acceptors (Lipinski definition) is 3. The molecule has 0 saturated carbocycles. The Hall–Kier alpha value is -1.39. The zero-order valence-corrected chi connectivity index (χ0v) is 14.5. The molecule has 0 aliphatic carbocycles. The number of amides is 1. The zero-order valence-electron chi connectivity index (χ0n) is 14.5. The van der Waals surface area contributed by atoms with E-state index in [1.807, 2.05) is 45.9 Å². The molecule has 1 amide bonds. The predicted octanol–water partition coefficient (Wildman–Crippen LogP) is 3.14. The smallest absolute Gasteiger partial charge is 0.240 e. The highest BCUT2D eigenvalue weighted by atomic mass is 16.5. The van der Waals surface area contributed by atoms with Gasteiger partial charge in [0.05, 0.1) is 17.7 Å². The number of nitrogens with one attached hydrogen (secondary N) is 1. The third-order valence-electron chi connectivity index (χ3n) is 3.40. The Morgan fingerprint density at radius 2 is 1.86 bits per heavy atom. The van der Waals surface area contributed by atoms with Gasteiger partial charge < -0.3 is 15.8 Å². The molecule has 0 saturated heterocycles. The maximum absolute atomic E-state index is 12.1. The van der Waals surface area contributed by atoms with E-state index in [1.165, 1.54) is 0 Å². The molecule has 0 spiro atoms. The van der Waals surface area contributed by atoms with E-state index >= 15 is 0 Å². The fourth-order valence-corrected chi connectivity index (χ4v) is 2.15. The summed E-state index contributed by atoms with van der Waals surface area (Å²) in [5, 5.41) is 2.92. The summed E-state index contributed by atoms with van der Waals surface area (Å²) in [6.07, 6.45) is 1.57. The molecule has 0 bridgehead atoms. The van der Waals surface area contributed by atoms with Crippen molar-refractivity contribution in [3.8, 4) is 0 Å². The van der Waals surface area contributed by atoms with Crippen LogP contribution in [-0.2, 0) is 22.7 Å². The number of rotatable bonds is 7. The van der Waals surface area contributed by atoms with Crippen LogP contribution in [0.3, 0.4) is 0 Å². The summed E-state index contributed by atoms with van der Waals surface area (Å²) in [5.41, 5.74) is 7.22. The van der Waals surface area contributed by atoms with E-state index in [1.54, 1.807) is 6.92 Å². The van der Waals surface area contributed by atoms with Gasteiger partial charge in [-0.2, -0.15) is 0 Å². The Labute approximate surface area is 134 Å². The molecule has 22 heavy (non-hydrogen) atoms. The van der Waals surface area contributed by atoms with Gasteiger partial charge in [-0.25, -0.2) is 0 Å². The average Bonchev–Trinajstić information content (AvgIpc) is 2.42. The molecule has 3 N–H and O–H groups in total. The van der Waals surface area contributed by atoms with E-state index < -0.39 is 5.54 Å². The molecule has 1 rings (SSSR count). The van der Waals surface area contributed by atoms with Crippen LogP contribution >= 0.6 is 0 Å². The quantitative estimate of drug-likeness (QED) is 0.813. The molecule has 1 aromatic carbocycles. The minimum absolute atomic E-state index is 0.106. The van der Waals surface area contributed by atoms with Gasteiger partial charge >= 0.3 is 0 Å². The molecule has 124 valence electrons. The van der Waals surface area contributed by atoms with Crippen LogP contribution in [0.25, 0.3) is 0 Å². The fourth-order valence-electron chi connectivity index (χ4n) is 2.15. The van der Waals surface area contributed by atoms with E-state index in [9.17, 15) is 4.79 Å². The molecular formula is C18H30N2O2. The van der Waals surface area contributed by atoms with Crippen molar-refractivity contribution in [3.63, 3.8) is 0 Å². The molecule has 0 fully saturated rings. The van der Waals surface area contributed by atoms with Crippen molar-refractivity contribution in [2.75, 3.05) is 0 Å². The second-order valence-corrected chi connectivity index (χ2v) is 7.07. The number of benzene rings is 1. The van der Waals surface area contributed by atoms with E-state index in [0.717, 1.165) is 17.5 Å². The third kappa shape index (κ3) is 6.58. The lowest BCUT2D eigenvalue weighted by atomic mass is 9.96. The highest BCUT2D eigenvalue weighted by Gasteiger charge is 2.26. The first-order valence-corrected chi connectivity index (χ1v) is 7.93. The maximum Gasteiger partial charge on any atom is 0.240 e. The molecular weight excluding hydrogens is 276 g/mol. The largest absolute Gasteiger partial charge is 0.371 e. The van der Waals surface area contributed by atoms with Crippen molar-refractivity contribution < 1.29 is 9.53 Å². The minimum Gasteiger partial charge on any atom is -0.371 e. The van der Waals surface area contributed by atoms with Crippen LogP contribution in [-0.4, -0.2) is 17.0 Å². The highest BCUT2D eigenvalue weighted by molar-refractivity contribution is 5.85. The second-order valence-electron chi connectivity index (χ2n) is 7.07. The first-order valence-electron chi connectivity index (χ1n) is 7.93. The summed E-state index contributed by atoms with van der Waals surface area (Å²) in [7, 11) is 0. The summed E-state index contributed by atoms with van der Waals surface area (Å²) in [4.78, 5) is 12.1. The molecule has 0 heterocycles. The SMILES string of the molecule is CCCC(C)(N)C(=O)NCc1cccc(COC(C)(C)C)c1. The Kier molecular flexibility index (Phi) is 6.57. The number of ether oxygens (including phenoxy) is 1. The first-order chi connectivity index (χ1) is 10.1. The van der Waals surface area contributed by atoms with E-state index in [0.29, 0.717) is 19.6 Å². The lowest BCUT2D eigenvalue weighted by Gasteiger charge is -2.23. The number of hydrogen-bond donors (Lipinski definition) is 2.